The smallest absolute Gasteiger partial charge is 0.277 e. The summed E-state index contributed by atoms with van der Waals surface area (Å²) in [6.45, 7) is 2.66. The molecule has 4 aromatic rings. The minimum absolute atomic E-state index is 0.0797. The van der Waals surface area contributed by atoms with Gasteiger partial charge in [0.05, 0.1) is 17.6 Å². The monoisotopic (exact) mass is 383 g/mol. The van der Waals surface area contributed by atoms with E-state index in [2.05, 4.69) is 22.0 Å². The summed E-state index contributed by atoms with van der Waals surface area (Å²) >= 11 is 0. The Bertz CT molecular complexity index is 1270. The highest BCUT2D eigenvalue weighted by atomic mass is 19.1. The molecule has 1 fully saturated rings. The standard InChI is InChI=1S/C19H18FN5O3/c1-19(5-6-19)18-22-16(23-28-18)14-15-17(26)24(7-8-27-2)13-9-11(20)3-4-12(13)25(15)10-21-14/h3-4,9-10H,5-8H2,1-2H3. The maximum absolute atomic E-state index is 13.9. The van der Waals surface area contributed by atoms with E-state index in [4.69, 9.17) is 9.26 Å². The van der Waals surface area contributed by atoms with Gasteiger partial charge in [0.2, 0.25) is 11.7 Å². The van der Waals surface area contributed by atoms with Crippen molar-refractivity contribution in [3.8, 4) is 11.5 Å². The molecule has 0 unspecified atom stereocenters. The van der Waals surface area contributed by atoms with Crippen LogP contribution in [-0.4, -0.2) is 37.8 Å². The quantitative estimate of drug-likeness (QED) is 0.526. The van der Waals surface area contributed by atoms with Gasteiger partial charge in [-0.1, -0.05) is 12.1 Å². The zero-order valence-corrected chi connectivity index (χ0v) is 15.5. The lowest BCUT2D eigenvalue weighted by Gasteiger charge is -2.12. The fourth-order valence-corrected chi connectivity index (χ4v) is 3.42. The number of rotatable bonds is 5. The lowest BCUT2D eigenvalue weighted by atomic mass is 10.1. The molecule has 8 nitrogen and oxygen atoms in total. The molecule has 0 N–H and O–H groups in total. The fourth-order valence-electron chi connectivity index (χ4n) is 3.42. The van der Waals surface area contributed by atoms with E-state index in [0.29, 0.717) is 34.7 Å². The zero-order valence-electron chi connectivity index (χ0n) is 15.5. The maximum Gasteiger partial charge on any atom is 0.277 e. The van der Waals surface area contributed by atoms with Crippen LogP contribution in [0, 0.1) is 5.82 Å². The van der Waals surface area contributed by atoms with Crippen LogP contribution in [0.1, 0.15) is 25.7 Å². The van der Waals surface area contributed by atoms with Crippen LogP contribution in [0.3, 0.4) is 0 Å². The topological polar surface area (TPSA) is 87.5 Å². The molecule has 1 saturated carbocycles. The number of imidazole rings is 1. The number of benzene rings is 1. The summed E-state index contributed by atoms with van der Waals surface area (Å²) in [5, 5.41) is 4.05. The SMILES string of the molecule is COCCn1c(=O)c2c(-c3noc(C4(C)CC4)n3)ncn2c2ccc(F)cc21. The minimum atomic E-state index is -0.418. The third kappa shape index (κ3) is 2.46. The molecule has 1 aromatic carbocycles. The lowest BCUT2D eigenvalue weighted by molar-refractivity contribution is 0.187. The van der Waals surface area contributed by atoms with Gasteiger partial charge in [0.25, 0.3) is 5.56 Å². The van der Waals surface area contributed by atoms with Gasteiger partial charge in [-0.05, 0) is 31.0 Å². The van der Waals surface area contributed by atoms with E-state index in [9.17, 15) is 9.18 Å². The summed E-state index contributed by atoms with van der Waals surface area (Å²) in [4.78, 5) is 22.1. The predicted molar refractivity (Wildman–Crippen MR) is 98.7 cm³/mol. The van der Waals surface area contributed by atoms with Crippen molar-refractivity contribution in [1.29, 1.82) is 0 Å². The highest BCUT2D eigenvalue weighted by Gasteiger charge is 2.44. The third-order valence-corrected chi connectivity index (χ3v) is 5.38. The molecular weight excluding hydrogens is 365 g/mol. The molecule has 0 saturated heterocycles. The van der Waals surface area contributed by atoms with E-state index in [1.54, 1.807) is 17.6 Å². The van der Waals surface area contributed by atoms with Crippen LogP contribution in [0.4, 0.5) is 4.39 Å². The first kappa shape index (κ1) is 17.1. The zero-order chi connectivity index (χ0) is 19.5. The van der Waals surface area contributed by atoms with Crippen molar-refractivity contribution in [1.82, 2.24) is 24.1 Å². The molecule has 28 heavy (non-hydrogen) atoms. The van der Waals surface area contributed by atoms with Gasteiger partial charge in [-0.25, -0.2) is 9.37 Å². The minimum Gasteiger partial charge on any atom is -0.383 e. The molecule has 5 rings (SSSR count). The molecule has 0 amide bonds. The van der Waals surface area contributed by atoms with Gasteiger partial charge in [-0.15, -0.1) is 0 Å². The van der Waals surface area contributed by atoms with Crippen molar-refractivity contribution in [2.75, 3.05) is 13.7 Å². The first-order chi connectivity index (χ1) is 13.5. The molecule has 0 atom stereocenters. The second-order valence-electron chi connectivity index (χ2n) is 7.38. The average Bonchev–Trinajstić information content (AvgIpc) is 3.11. The first-order valence-corrected chi connectivity index (χ1v) is 9.04. The van der Waals surface area contributed by atoms with E-state index in [1.807, 2.05) is 0 Å². The number of methoxy groups -OCH3 is 1. The summed E-state index contributed by atoms with van der Waals surface area (Å²) in [5.41, 5.74) is 1.40. The van der Waals surface area contributed by atoms with Gasteiger partial charge in [0.1, 0.15) is 23.4 Å². The third-order valence-electron chi connectivity index (χ3n) is 5.38. The highest BCUT2D eigenvalue weighted by Crippen LogP contribution is 2.47. The Hall–Kier alpha value is -3.07. The molecule has 0 radical (unpaired) electrons. The summed E-state index contributed by atoms with van der Waals surface area (Å²) in [5.74, 6) is 0.423. The molecule has 0 aliphatic heterocycles. The Kier molecular flexibility index (Phi) is 3.63. The van der Waals surface area contributed by atoms with E-state index < -0.39 is 5.82 Å². The van der Waals surface area contributed by atoms with E-state index in [-0.39, 0.29) is 23.3 Å². The Balaban J connectivity index is 1.77. The van der Waals surface area contributed by atoms with Crippen LogP contribution in [0.25, 0.3) is 28.1 Å². The Morgan fingerprint density at radius 1 is 1.32 bits per heavy atom. The first-order valence-electron chi connectivity index (χ1n) is 9.04. The number of halogens is 1. The van der Waals surface area contributed by atoms with Gasteiger partial charge in [0, 0.05) is 19.1 Å². The normalized spacial score (nSPS) is 15.5. The van der Waals surface area contributed by atoms with Crippen molar-refractivity contribution in [2.45, 2.75) is 31.7 Å². The van der Waals surface area contributed by atoms with Gasteiger partial charge in [-0.3, -0.25) is 9.20 Å². The molecule has 0 bridgehead atoms. The van der Waals surface area contributed by atoms with Crippen LogP contribution in [0.15, 0.2) is 33.8 Å². The highest BCUT2D eigenvalue weighted by molar-refractivity contribution is 5.83. The molecule has 144 valence electrons. The van der Waals surface area contributed by atoms with E-state index >= 15 is 0 Å². The van der Waals surface area contributed by atoms with E-state index in [1.165, 1.54) is 23.0 Å². The van der Waals surface area contributed by atoms with Gasteiger partial charge >= 0.3 is 0 Å². The van der Waals surface area contributed by atoms with Gasteiger partial charge < -0.3 is 13.8 Å². The van der Waals surface area contributed by atoms with Crippen molar-refractivity contribution in [3.63, 3.8) is 0 Å². The second-order valence-corrected chi connectivity index (χ2v) is 7.38. The largest absolute Gasteiger partial charge is 0.383 e. The molecule has 1 aliphatic rings. The summed E-state index contributed by atoms with van der Waals surface area (Å²) in [7, 11) is 1.55. The van der Waals surface area contributed by atoms with Crippen molar-refractivity contribution in [3.05, 3.63) is 46.6 Å². The van der Waals surface area contributed by atoms with Crippen LogP contribution in [0.5, 0.6) is 0 Å². The fraction of sp³-hybridized carbons (Fsp3) is 0.368. The van der Waals surface area contributed by atoms with Gasteiger partial charge in [-0.2, -0.15) is 4.98 Å². The Morgan fingerprint density at radius 2 is 2.14 bits per heavy atom. The number of hydrogen-bond acceptors (Lipinski definition) is 6. The van der Waals surface area contributed by atoms with Crippen LogP contribution in [0.2, 0.25) is 0 Å². The van der Waals surface area contributed by atoms with Crippen LogP contribution >= 0.6 is 0 Å². The maximum atomic E-state index is 13.9. The number of ether oxygens (including phenoxy) is 1. The van der Waals surface area contributed by atoms with E-state index in [0.717, 1.165) is 12.8 Å². The Morgan fingerprint density at radius 3 is 2.89 bits per heavy atom. The Labute approximate surface area is 158 Å². The van der Waals surface area contributed by atoms with Crippen molar-refractivity contribution < 1.29 is 13.7 Å². The lowest BCUT2D eigenvalue weighted by Crippen LogP contribution is -2.25. The van der Waals surface area contributed by atoms with Gasteiger partial charge in [0.15, 0.2) is 0 Å². The molecule has 3 heterocycles. The number of fused-ring (bicyclic) bond motifs is 3. The van der Waals surface area contributed by atoms with Crippen LogP contribution < -0.4 is 5.56 Å². The molecular formula is C19H18FN5O3. The number of aromatic nitrogens is 5. The average molecular weight is 383 g/mol. The second kappa shape index (κ2) is 5.96. The molecule has 1 aliphatic carbocycles. The summed E-state index contributed by atoms with van der Waals surface area (Å²) < 4.78 is 27.5. The molecule has 9 heteroatoms. The molecule has 0 spiro atoms. The number of hydrogen-bond donors (Lipinski definition) is 0. The summed E-state index contributed by atoms with van der Waals surface area (Å²) in [6.07, 6.45) is 3.53. The van der Waals surface area contributed by atoms with Crippen molar-refractivity contribution in [2.24, 2.45) is 0 Å². The predicted octanol–water partition coefficient (Wildman–Crippen LogP) is 2.54. The van der Waals surface area contributed by atoms with Crippen molar-refractivity contribution >= 4 is 16.6 Å². The number of nitrogens with zero attached hydrogens (tertiary/aromatic N) is 5. The van der Waals surface area contributed by atoms with Crippen LogP contribution in [-0.2, 0) is 16.7 Å². The molecule has 3 aromatic heterocycles. The summed E-state index contributed by atoms with van der Waals surface area (Å²) in [6, 6.07) is 4.32.